The van der Waals surface area contributed by atoms with E-state index < -0.39 is 16.0 Å². The highest BCUT2D eigenvalue weighted by atomic mass is 32.2. The normalized spacial score (nSPS) is 19.3. The molecule has 1 saturated heterocycles. The number of hydrogen-bond acceptors (Lipinski definition) is 4. The van der Waals surface area contributed by atoms with E-state index in [1.807, 2.05) is 14.1 Å². The van der Waals surface area contributed by atoms with Gasteiger partial charge in [-0.05, 0) is 33.4 Å². The van der Waals surface area contributed by atoms with Gasteiger partial charge in [-0.2, -0.15) is 0 Å². The molecule has 1 fully saturated rings. The van der Waals surface area contributed by atoms with Crippen LogP contribution in [-0.4, -0.2) is 67.7 Å². The lowest BCUT2D eigenvalue weighted by Gasteiger charge is -2.34. The maximum atomic E-state index is 12.0. The molecule has 0 bridgehead atoms. The van der Waals surface area contributed by atoms with E-state index in [9.17, 15) is 13.2 Å². The van der Waals surface area contributed by atoms with Crippen molar-refractivity contribution in [3.63, 3.8) is 0 Å². The molecule has 1 aliphatic rings. The monoisotopic (exact) mass is 278 g/mol. The summed E-state index contributed by atoms with van der Waals surface area (Å²) in [6, 6.07) is 0.440. The van der Waals surface area contributed by atoms with E-state index in [0.29, 0.717) is 19.1 Å². The minimum Gasteiger partial charge on any atom is -0.481 e. The molecule has 106 valence electrons. The Kier molecular flexibility index (Phi) is 5.55. The highest BCUT2D eigenvalue weighted by molar-refractivity contribution is 7.89. The van der Waals surface area contributed by atoms with Crippen molar-refractivity contribution in [3.05, 3.63) is 0 Å². The molecule has 7 heteroatoms. The SMILES string of the molecule is CN(C)C1CCN(S(=O)(=O)CCCC(=O)O)CC1. The zero-order chi connectivity index (χ0) is 13.8. The fraction of sp³-hybridized carbons (Fsp3) is 0.909. The summed E-state index contributed by atoms with van der Waals surface area (Å²) in [6.07, 6.45) is 1.77. The molecule has 1 heterocycles. The van der Waals surface area contributed by atoms with Gasteiger partial charge < -0.3 is 10.0 Å². The summed E-state index contributed by atoms with van der Waals surface area (Å²) in [6.45, 7) is 1.08. The average molecular weight is 278 g/mol. The molecule has 0 atom stereocenters. The van der Waals surface area contributed by atoms with Crippen molar-refractivity contribution in [2.75, 3.05) is 32.9 Å². The van der Waals surface area contributed by atoms with Gasteiger partial charge in [0.1, 0.15) is 0 Å². The second-order valence-electron chi connectivity index (χ2n) is 4.91. The van der Waals surface area contributed by atoms with E-state index in [4.69, 9.17) is 5.11 Å². The Balaban J connectivity index is 2.43. The molecule has 0 aromatic heterocycles. The molecule has 0 saturated carbocycles. The Morgan fingerprint density at radius 2 is 1.89 bits per heavy atom. The van der Waals surface area contributed by atoms with Crippen LogP contribution in [0.15, 0.2) is 0 Å². The zero-order valence-electron chi connectivity index (χ0n) is 11.0. The summed E-state index contributed by atoms with van der Waals surface area (Å²) in [5, 5.41) is 8.50. The Morgan fingerprint density at radius 1 is 1.33 bits per heavy atom. The molecule has 0 amide bonds. The van der Waals surface area contributed by atoms with E-state index in [2.05, 4.69) is 4.90 Å². The van der Waals surface area contributed by atoms with Crippen molar-refractivity contribution in [1.82, 2.24) is 9.21 Å². The fourth-order valence-corrected chi connectivity index (χ4v) is 3.71. The Hall–Kier alpha value is -0.660. The summed E-state index contributed by atoms with van der Waals surface area (Å²) >= 11 is 0. The smallest absolute Gasteiger partial charge is 0.303 e. The van der Waals surface area contributed by atoms with Crippen molar-refractivity contribution in [2.45, 2.75) is 31.7 Å². The largest absolute Gasteiger partial charge is 0.481 e. The van der Waals surface area contributed by atoms with E-state index in [0.717, 1.165) is 12.8 Å². The van der Waals surface area contributed by atoms with Crippen LogP contribution in [-0.2, 0) is 14.8 Å². The van der Waals surface area contributed by atoms with Gasteiger partial charge in [0.05, 0.1) is 5.75 Å². The van der Waals surface area contributed by atoms with Crippen LogP contribution < -0.4 is 0 Å². The molecule has 1 N–H and O–H groups in total. The first-order valence-corrected chi connectivity index (χ1v) is 7.80. The summed E-state index contributed by atoms with van der Waals surface area (Å²) in [7, 11) is 0.727. The van der Waals surface area contributed by atoms with Crippen molar-refractivity contribution in [1.29, 1.82) is 0 Å². The van der Waals surface area contributed by atoms with Crippen LogP contribution in [0.25, 0.3) is 0 Å². The van der Waals surface area contributed by atoms with Crippen LogP contribution in [0.4, 0.5) is 0 Å². The van der Waals surface area contributed by atoms with Crippen LogP contribution in [0.1, 0.15) is 25.7 Å². The fourth-order valence-electron chi connectivity index (χ4n) is 2.17. The molecule has 0 aliphatic carbocycles. The molecule has 0 radical (unpaired) electrons. The Morgan fingerprint density at radius 3 is 2.33 bits per heavy atom. The zero-order valence-corrected chi connectivity index (χ0v) is 11.8. The third kappa shape index (κ3) is 4.55. The summed E-state index contributed by atoms with van der Waals surface area (Å²) < 4.78 is 25.4. The molecule has 0 aromatic carbocycles. The molecule has 0 spiro atoms. The Bertz CT molecular complexity index is 373. The number of carboxylic acids is 1. The maximum Gasteiger partial charge on any atom is 0.303 e. The van der Waals surface area contributed by atoms with E-state index in [1.165, 1.54) is 4.31 Å². The maximum absolute atomic E-state index is 12.0. The Labute approximate surface area is 109 Å². The lowest BCUT2D eigenvalue weighted by Crippen LogP contribution is -2.45. The van der Waals surface area contributed by atoms with Gasteiger partial charge in [0.15, 0.2) is 0 Å². The molecule has 1 aliphatic heterocycles. The lowest BCUT2D eigenvalue weighted by atomic mass is 10.1. The number of carbonyl (C=O) groups is 1. The molecule has 0 aromatic rings. The van der Waals surface area contributed by atoms with Crippen LogP contribution >= 0.6 is 0 Å². The van der Waals surface area contributed by atoms with Gasteiger partial charge in [-0.25, -0.2) is 12.7 Å². The van der Waals surface area contributed by atoms with Crippen molar-refractivity contribution in [2.24, 2.45) is 0 Å². The van der Waals surface area contributed by atoms with Gasteiger partial charge in [0.25, 0.3) is 0 Å². The summed E-state index contributed by atoms with van der Waals surface area (Å²) in [5.74, 6) is -1.01. The van der Waals surface area contributed by atoms with Gasteiger partial charge in [-0.15, -0.1) is 0 Å². The van der Waals surface area contributed by atoms with Crippen LogP contribution in [0.2, 0.25) is 0 Å². The average Bonchev–Trinajstić information content (AvgIpc) is 2.28. The lowest BCUT2D eigenvalue weighted by molar-refractivity contribution is -0.137. The molecule has 0 unspecified atom stereocenters. The summed E-state index contributed by atoms with van der Waals surface area (Å²) in [5.41, 5.74) is 0. The van der Waals surface area contributed by atoms with Crippen molar-refractivity contribution in [3.8, 4) is 0 Å². The number of hydrogen-bond donors (Lipinski definition) is 1. The first-order chi connectivity index (χ1) is 8.33. The number of sulfonamides is 1. The molecule has 18 heavy (non-hydrogen) atoms. The molecule has 6 nitrogen and oxygen atoms in total. The molecular weight excluding hydrogens is 256 g/mol. The standard InChI is InChI=1S/C11H22N2O4S/c1-12(2)10-5-7-13(8-6-10)18(16,17)9-3-4-11(14)15/h10H,3-9H2,1-2H3,(H,14,15). The number of rotatable bonds is 6. The van der Waals surface area contributed by atoms with Crippen molar-refractivity contribution >= 4 is 16.0 Å². The second kappa shape index (κ2) is 6.49. The predicted molar refractivity (Wildman–Crippen MR) is 68.9 cm³/mol. The van der Waals surface area contributed by atoms with Gasteiger partial charge in [-0.3, -0.25) is 4.79 Å². The topological polar surface area (TPSA) is 77.9 Å². The quantitative estimate of drug-likeness (QED) is 0.751. The van der Waals surface area contributed by atoms with Crippen molar-refractivity contribution < 1.29 is 18.3 Å². The molecule has 1 rings (SSSR count). The van der Waals surface area contributed by atoms with E-state index in [-0.39, 0.29) is 18.6 Å². The highest BCUT2D eigenvalue weighted by Gasteiger charge is 2.28. The summed E-state index contributed by atoms with van der Waals surface area (Å²) in [4.78, 5) is 12.5. The van der Waals surface area contributed by atoms with Gasteiger partial charge in [0, 0.05) is 25.6 Å². The van der Waals surface area contributed by atoms with Crippen LogP contribution in [0, 0.1) is 0 Å². The second-order valence-corrected chi connectivity index (χ2v) is 7.00. The first-order valence-electron chi connectivity index (χ1n) is 6.19. The third-order valence-electron chi connectivity index (χ3n) is 3.34. The predicted octanol–water partition coefficient (Wildman–Crippen LogP) is 0.207. The van der Waals surface area contributed by atoms with Crippen LogP contribution in [0.3, 0.4) is 0 Å². The number of nitrogens with zero attached hydrogens (tertiary/aromatic N) is 2. The van der Waals surface area contributed by atoms with Gasteiger partial charge in [-0.1, -0.05) is 0 Å². The van der Waals surface area contributed by atoms with Gasteiger partial charge >= 0.3 is 5.97 Å². The minimum absolute atomic E-state index is 0.0636. The van der Waals surface area contributed by atoms with E-state index >= 15 is 0 Å². The molecular formula is C11H22N2O4S. The highest BCUT2D eigenvalue weighted by Crippen LogP contribution is 2.17. The van der Waals surface area contributed by atoms with Gasteiger partial charge in [0.2, 0.25) is 10.0 Å². The minimum atomic E-state index is -3.28. The number of piperidine rings is 1. The first kappa shape index (κ1) is 15.4. The number of aliphatic carboxylic acids is 1. The number of carboxylic acid groups (broad SMARTS) is 1. The van der Waals surface area contributed by atoms with E-state index in [1.54, 1.807) is 0 Å². The third-order valence-corrected chi connectivity index (χ3v) is 5.30. The van der Waals surface area contributed by atoms with Crippen LogP contribution in [0.5, 0.6) is 0 Å².